The van der Waals surface area contributed by atoms with Gasteiger partial charge in [-0.25, -0.2) is 19.2 Å². The van der Waals surface area contributed by atoms with Gasteiger partial charge in [-0.1, -0.05) is 35.2 Å². The molecule has 0 fully saturated rings. The van der Waals surface area contributed by atoms with E-state index in [-0.39, 0.29) is 18.2 Å². The van der Waals surface area contributed by atoms with Crippen molar-refractivity contribution >= 4 is 62.9 Å². The number of carbonyl (C=O) groups excluding carboxylic acids is 4. The fraction of sp³-hybridized carbons (Fsp3) is 0.650. The number of rotatable bonds is 13. The van der Waals surface area contributed by atoms with Gasteiger partial charge < -0.3 is 28.7 Å². The third-order valence-electron chi connectivity index (χ3n) is 7.10. The number of furan rings is 1. The molecular formula is C40H62BrN5O9. The number of amidine groups is 2. The van der Waals surface area contributed by atoms with Crippen molar-refractivity contribution in [1.29, 1.82) is 5.41 Å². The Morgan fingerprint density at radius 3 is 1.85 bits per heavy atom. The SMILES string of the molecule is CC(C)(C)OC(=O)NC(=N)c1ccc2oc(CCCN=C(C(CCCCCCBr)NC(=O)OC(C)(C)C)N(C(=O)OC(C)(C)C)C(=O)OC(C)(C)C)cc2c1. The summed E-state index contributed by atoms with van der Waals surface area (Å²) in [4.78, 5) is 58.6. The molecule has 1 unspecified atom stereocenters. The van der Waals surface area contributed by atoms with Gasteiger partial charge in [0, 0.05) is 29.2 Å². The Kier molecular flexibility index (Phi) is 17.2. The van der Waals surface area contributed by atoms with Crippen molar-refractivity contribution in [2.75, 3.05) is 11.9 Å². The molecule has 0 saturated carbocycles. The molecule has 15 heteroatoms. The molecule has 3 N–H and O–H groups in total. The highest BCUT2D eigenvalue weighted by atomic mass is 79.9. The lowest BCUT2D eigenvalue weighted by atomic mass is 10.1. The smallest absolute Gasteiger partial charge is 0.425 e. The number of unbranched alkanes of at least 4 members (excludes halogenated alkanes) is 3. The highest BCUT2D eigenvalue weighted by molar-refractivity contribution is 9.09. The van der Waals surface area contributed by atoms with Crippen LogP contribution in [0.5, 0.6) is 0 Å². The molecule has 0 saturated heterocycles. The fourth-order valence-corrected chi connectivity index (χ4v) is 5.42. The zero-order valence-corrected chi connectivity index (χ0v) is 36.3. The largest absolute Gasteiger partial charge is 0.461 e. The van der Waals surface area contributed by atoms with Crippen LogP contribution in [0.4, 0.5) is 19.2 Å². The minimum Gasteiger partial charge on any atom is -0.461 e. The topological polar surface area (TPSA) is 182 Å². The molecule has 1 aromatic heterocycles. The quantitative estimate of drug-likeness (QED) is 0.0581. The third-order valence-corrected chi connectivity index (χ3v) is 7.66. The summed E-state index contributed by atoms with van der Waals surface area (Å²) < 4.78 is 28.3. The molecule has 0 bridgehead atoms. The Morgan fingerprint density at radius 1 is 0.764 bits per heavy atom. The monoisotopic (exact) mass is 835 g/mol. The predicted octanol–water partition coefficient (Wildman–Crippen LogP) is 10.0. The van der Waals surface area contributed by atoms with Crippen LogP contribution < -0.4 is 10.6 Å². The number of nitrogens with zero attached hydrogens (tertiary/aromatic N) is 2. The molecule has 14 nitrogen and oxygen atoms in total. The summed E-state index contributed by atoms with van der Waals surface area (Å²) in [7, 11) is 0. The number of carbonyl (C=O) groups is 4. The second kappa shape index (κ2) is 20.1. The van der Waals surface area contributed by atoms with Gasteiger partial charge in [0.25, 0.3) is 0 Å². The number of halogens is 1. The summed E-state index contributed by atoms with van der Waals surface area (Å²) in [5.41, 5.74) is -2.37. The predicted molar refractivity (Wildman–Crippen MR) is 217 cm³/mol. The van der Waals surface area contributed by atoms with Crippen LogP contribution >= 0.6 is 15.9 Å². The Morgan fingerprint density at radius 2 is 1.31 bits per heavy atom. The summed E-state index contributed by atoms with van der Waals surface area (Å²) in [6.45, 7) is 20.7. The number of hydrogen-bond donors (Lipinski definition) is 3. The number of hydrogen-bond acceptors (Lipinski definition) is 11. The van der Waals surface area contributed by atoms with Gasteiger partial charge in [0.1, 0.15) is 45.4 Å². The lowest BCUT2D eigenvalue weighted by molar-refractivity contribution is 0.0133. The summed E-state index contributed by atoms with van der Waals surface area (Å²) in [6.07, 6.45) is 1.22. The van der Waals surface area contributed by atoms with Crippen LogP contribution in [-0.4, -0.2) is 81.3 Å². The molecule has 0 radical (unpaired) electrons. The number of aliphatic imine (C=N–C) groups is 1. The minimum absolute atomic E-state index is 0.0277. The zero-order valence-electron chi connectivity index (χ0n) is 34.7. The van der Waals surface area contributed by atoms with E-state index in [1.807, 2.05) is 6.07 Å². The van der Waals surface area contributed by atoms with E-state index in [9.17, 15) is 19.2 Å². The van der Waals surface area contributed by atoms with E-state index >= 15 is 0 Å². The Balaban J connectivity index is 2.48. The van der Waals surface area contributed by atoms with Gasteiger partial charge >= 0.3 is 24.4 Å². The highest BCUT2D eigenvalue weighted by Gasteiger charge is 2.39. The number of alkyl carbamates (subject to hydrolysis) is 2. The molecule has 308 valence electrons. The van der Waals surface area contributed by atoms with Gasteiger partial charge in [-0.15, -0.1) is 0 Å². The molecule has 4 amide bonds. The van der Waals surface area contributed by atoms with E-state index < -0.39 is 52.8 Å². The first kappa shape index (κ1) is 47.0. The van der Waals surface area contributed by atoms with Crippen LogP contribution in [0.2, 0.25) is 0 Å². The molecule has 1 heterocycles. The molecule has 0 spiro atoms. The van der Waals surface area contributed by atoms with Gasteiger partial charge in [-0.2, -0.15) is 4.90 Å². The molecular weight excluding hydrogens is 774 g/mol. The van der Waals surface area contributed by atoms with E-state index in [4.69, 9.17) is 33.8 Å². The lowest BCUT2D eigenvalue weighted by Crippen LogP contribution is -2.55. The number of nitrogens with one attached hydrogen (secondary N) is 3. The second-order valence-electron chi connectivity index (χ2n) is 17.2. The fourth-order valence-electron chi connectivity index (χ4n) is 5.03. The zero-order chi connectivity index (χ0) is 41.8. The van der Waals surface area contributed by atoms with Gasteiger partial charge in [-0.3, -0.25) is 15.7 Å². The van der Waals surface area contributed by atoms with Crippen LogP contribution in [0, 0.1) is 5.41 Å². The first-order valence-electron chi connectivity index (χ1n) is 18.7. The van der Waals surface area contributed by atoms with Crippen molar-refractivity contribution in [2.24, 2.45) is 4.99 Å². The Hall–Kier alpha value is -4.14. The number of imide groups is 1. The van der Waals surface area contributed by atoms with Crippen LogP contribution in [0.3, 0.4) is 0 Å². The number of ether oxygens (including phenoxy) is 4. The van der Waals surface area contributed by atoms with Crippen molar-refractivity contribution < 1.29 is 42.5 Å². The second-order valence-corrected chi connectivity index (χ2v) is 18.0. The van der Waals surface area contributed by atoms with Crippen LogP contribution in [0.1, 0.15) is 133 Å². The number of alkyl halides is 1. The van der Waals surface area contributed by atoms with Gasteiger partial charge in [-0.05, 0) is 127 Å². The average molecular weight is 837 g/mol. The summed E-state index contributed by atoms with van der Waals surface area (Å²) >= 11 is 3.46. The molecule has 1 aromatic carbocycles. The number of fused-ring (bicyclic) bond motifs is 1. The van der Waals surface area contributed by atoms with Crippen molar-refractivity contribution in [3.8, 4) is 0 Å². The summed E-state index contributed by atoms with van der Waals surface area (Å²) in [5.74, 6) is 0.500. The molecule has 2 rings (SSSR count). The molecule has 2 aromatic rings. The Bertz CT molecular complexity index is 1630. The molecule has 0 aliphatic heterocycles. The molecule has 55 heavy (non-hydrogen) atoms. The lowest BCUT2D eigenvalue weighted by Gasteiger charge is -2.32. The van der Waals surface area contributed by atoms with Crippen molar-refractivity contribution in [1.82, 2.24) is 15.5 Å². The summed E-state index contributed by atoms with van der Waals surface area (Å²) in [6, 6.07) is 6.07. The molecule has 0 aliphatic rings. The van der Waals surface area contributed by atoms with E-state index in [1.165, 1.54) is 0 Å². The molecule has 0 aliphatic carbocycles. The van der Waals surface area contributed by atoms with Crippen LogP contribution in [0.15, 0.2) is 33.7 Å². The van der Waals surface area contributed by atoms with E-state index in [0.29, 0.717) is 42.6 Å². The minimum atomic E-state index is -0.990. The first-order valence-corrected chi connectivity index (χ1v) is 19.9. The van der Waals surface area contributed by atoms with Crippen molar-refractivity contribution in [2.45, 2.75) is 156 Å². The average Bonchev–Trinajstić information content (AvgIpc) is 3.40. The summed E-state index contributed by atoms with van der Waals surface area (Å²) in [5, 5.41) is 15.3. The molecule has 1 atom stereocenters. The maximum absolute atomic E-state index is 13.8. The van der Waals surface area contributed by atoms with Crippen molar-refractivity contribution in [3.05, 3.63) is 35.6 Å². The van der Waals surface area contributed by atoms with Gasteiger partial charge in [0.05, 0.1) is 6.04 Å². The maximum Gasteiger partial charge on any atom is 0.425 e. The van der Waals surface area contributed by atoms with E-state index in [1.54, 1.807) is 101 Å². The van der Waals surface area contributed by atoms with Gasteiger partial charge in [0.2, 0.25) is 0 Å². The van der Waals surface area contributed by atoms with Crippen molar-refractivity contribution in [3.63, 3.8) is 0 Å². The van der Waals surface area contributed by atoms with E-state index in [0.717, 1.165) is 34.9 Å². The first-order chi connectivity index (χ1) is 25.3. The van der Waals surface area contributed by atoms with Crippen LogP contribution in [-0.2, 0) is 25.4 Å². The maximum atomic E-state index is 13.8. The third kappa shape index (κ3) is 18.4. The van der Waals surface area contributed by atoms with Gasteiger partial charge in [0.15, 0.2) is 0 Å². The number of aryl methyl sites for hydroxylation is 1. The standard InChI is InChI=1S/C40H62BrN5O9/c1-37(2,3)52-33(47)44-29(19-15-13-14-16-22-41)32(46(35(49)54-39(7,8)9)36(50)55-40(10,11)12)43-23-17-18-28-25-27-24-26(20-21-30(27)51-28)31(42)45-34(48)53-38(4,5)6/h20-21,24-25,29H,13-19,22-23H2,1-12H3,(H,44,47)(H2,42,45,48). The highest BCUT2D eigenvalue weighted by Crippen LogP contribution is 2.23. The van der Waals surface area contributed by atoms with E-state index in [2.05, 4.69) is 26.6 Å². The van der Waals surface area contributed by atoms with Crippen LogP contribution in [0.25, 0.3) is 11.0 Å². The number of benzene rings is 1. The Labute approximate surface area is 334 Å². The number of amides is 4. The normalized spacial score (nSPS) is 13.1.